The predicted octanol–water partition coefficient (Wildman–Crippen LogP) is 5.91. The van der Waals surface area contributed by atoms with Crippen LogP contribution < -0.4 is 0 Å². The van der Waals surface area contributed by atoms with E-state index in [0.29, 0.717) is 0 Å². The fraction of sp³-hybridized carbons (Fsp3) is 0.188. The molecule has 166 valence electrons. The summed E-state index contributed by atoms with van der Waals surface area (Å²) in [6.45, 7) is 0. The van der Waals surface area contributed by atoms with Crippen molar-refractivity contribution in [2.75, 3.05) is 0 Å². The van der Waals surface area contributed by atoms with Crippen LogP contribution in [0.4, 0.5) is 45.2 Å². The van der Waals surface area contributed by atoms with Gasteiger partial charge in [-0.15, -0.1) is 0 Å². The highest BCUT2D eigenvalue weighted by Gasteiger charge is 2.38. The molecule has 0 saturated heterocycles. The number of benzene rings is 2. The Morgan fingerprint density at radius 1 is 0.806 bits per heavy atom. The first-order valence-electron chi connectivity index (χ1n) is 7.77. The Kier molecular flexibility index (Phi) is 4.83. The van der Waals surface area contributed by atoms with E-state index in [-0.39, 0.29) is 35.1 Å². The zero-order chi connectivity index (χ0) is 23.5. The van der Waals surface area contributed by atoms with Gasteiger partial charge in [-0.3, -0.25) is 10.1 Å². The van der Waals surface area contributed by atoms with Crippen molar-refractivity contribution in [2.45, 2.75) is 18.5 Å². The van der Waals surface area contributed by atoms with Crippen molar-refractivity contribution in [3.63, 3.8) is 0 Å². The summed E-state index contributed by atoms with van der Waals surface area (Å²) in [5.74, 6) is -1.06. The van der Waals surface area contributed by atoms with Crippen LogP contribution in [0.2, 0.25) is 0 Å². The number of aromatic nitrogens is 2. The maximum atomic E-state index is 13.0. The van der Waals surface area contributed by atoms with Crippen molar-refractivity contribution in [3.05, 3.63) is 57.1 Å². The van der Waals surface area contributed by atoms with Crippen LogP contribution in [0, 0.1) is 10.1 Å². The number of nitrogens with zero attached hydrogens (tertiary/aromatic N) is 3. The Labute approximate surface area is 164 Å². The maximum Gasteiger partial charge on any atom is 0.416 e. The van der Waals surface area contributed by atoms with Gasteiger partial charge in [-0.1, -0.05) is 0 Å². The molecule has 0 aliphatic rings. The molecule has 0 radical (unpaired) electrons. The van der Waals surface area contributed by atoms with Crippen LogP contribution in [0.25, 0.3) is 22.4 Å². The summed E-state index contributed by atoms with van der Waals surface area (Å²) in [6.07, 6.45) is -15.6. The van der Waals surface area contributed by atoms with Crippen LogP contribution in [0.5, 0.6) is 0 Å². The van der Waals surface area contributed by atoms with E-state index < -0.39 is 68.3 Å². The van der Waals surface area contributed by atoms with Crippen molar-refractivity contribution in [1.29, 1.82) is 0 Å². The average Bonchev–Trinajstić information content (AvgIpc) is 2.95. The highest BCUT2D eigenvalue weighted by atomic mass is 19.4. The lowest BCUT2D eigenvalue weighted by Gasteiger charge is -2.13. The van der Waals surface area contributed by atoms with Gasteiger partial charge in [0.2, 0.25) is 0 Å². The van der Waals surface area contributed by atoms with Crippen molar-refractivity contribution < 1.29 is 49.6 Å². The van der Waals surface area contributed by atoms with E-state index in [2.05, 4.69) is 4.98 Å². The number of hydrogen-bond donors (Lipinski definition) is 1. The molecular weight excluding hydrogens is 453 g/mol. The Morgan fingerprint density at radius 3 is 1.68 bits per heavy atom. The third kappa shape index (κ3) is 4.06. The number of fused-ring (bicyclic) bond motifs is 1. The minimum Gasteiger partial charge on any atom is -0.426 e. The van der Waals surface area contributed by atoms with Gasteiger partial charge in [0, 0.05) is 11.6 Å². The molecule has 31 heavy (non-hydrogen) atoms. The second-order valence-corrected chi connectivity index (χ2v) is 6.16. The number of non-ortho nitro benzene ring substituents is 1. The highest BCUT2D eigenvalue weighted by molar-refractivity contribution is 5.89. The lowest BCUT2D eigenvalue weighted by atomic mass is 10.0. The van der Waals surface area contributed by atoms with E-state index in [9.17, 15) is 54.8 Å². The van der Waals surface area contributed by atoms with Gasteiger partial charge in [0.15, 0.2) is 11.3 Å². The van der Waals surface area contributed by atoms with E-state index in [1.165, 1.54) is 0 Å². The molecule has 0 saturated carbocycles. The molecule has 0 aliphatic heterocycles. The van der Waals surface area contributed by atoms with Crippen molar-refractivity contribution in [2.24, 2.45) is 0 Å². The lowest BCUT2D eigenvalue weighted by Crippen LogP contribution is -2.11. The number of imidazole rings is 1. The monoisotopic (exact) mass is 459 g/mol. The second-order valence-electron chi connectivity index (χ2n) is 6.16. The Morgan fingerprint density at radius 2 is 1.26 bits per heavy atom. The summed E-state index contributed by atoms with van der Waals surface area (Å²) in [4.78, 5) is 13.3. The third-order valence-corrected chi connectivity index (χ3v) is 4.09. The fourth-order valence-corrected chi connectivity index (χ4v) is 2.72. The fourth-order valence-electron chi connectivity index (χ4n) is 2.72. The van der Waals surface area contributed by atoms with E-state index in [1.54, 1.807) is 0 Å². The Bertz CT molecular complexity index is 1160. The molecule has 1 aromatic heterocycles. The van der Waals surface area contributed by atoms with E-state index in [0.717, 1.165) is 0 Å². The van der Waals surface area contributed by atoms with Crippen LogP contribution in [0.3, 0.4) is 0 Å². The number of rotatable bonds is 2. The molecule has 2 aromatic carbocycles. The van der Waals surface area contributed by atoms with E-state index in [4.69, 9.17) is 0 Å². The van der Waals surface area contributed by atoms with E-state index >= 15 is 0 Å². The molecule has 0 fully saturated rings. The third-order valence-electron chi connectivity index (χ3n) is 4.09. The number of hydrogen-bond acceptors (Lipinski definition) is 4. The lowest BCUT2D eigenvalue weighted by molar-refractivity contribution is -0.383. The molecule has 0 aliphatic carbocycles. The zero-order valence-electron chi connectivity index (χ0n) is 14.4. The average molecular weight is 459 g/mol. The molecule has 3 aromatic rings. The Hall–Kier alpha value is -3.52. The van der Waals surface area contributed by atoms with Crippen LogP contribution in [0.1, 0.15) is 16.7 Å². The summed E-state index contributed by atoms with van der Waals surface area (Å²) in [5.41, 5.74) is -9.22. The molecule has 0 spiro atoms. The normalized spacial score (nSPS) is 13.1. The summed E-state index contributed by atoms with van der Waals surface area (Å²) < 4.78 is 117. The van der Waals surface area contributed by atoms with Gasteiger partial charge >= 0.3 is 18.5 Å². The molecule has 0 atom stereocenters. The molecule has 1 N–H and O–H groups in total. The minimum absolute atomic E-state index is 0.0758. The molecule has 0 bridgehead atoms. The largest absolute Gasteiger partial charge is 0.426 e. The summed E-state index contributed by atoms with van der Waals surface area (Å²) in [6, 6.07) is 0.418. The van der Waals surface area contributed by atoms with Gasteiger partial charge in [-0.05, 0) is 24.3 Å². The predicted molar refractivity (Wildman–Crippen MR) is 84.0 cm³/mol. The minimum atomic E-state index is -5.25. The Balaban J connectivity index is 2.37. The van der Waals surface area contributed by atoms with Gasteiger partial charge in [-0.2, -0.15) is 44.2 Å². The van der Waals surface area contributed by atoms with Gasteiger partial charge in [0.1, 0.15) is 5.52 Å². The van der Waals surface area contributed by atoms with Gasteiger partial charge in [0.05, 0.1) is 21.6 Å². The van der Waals surface area contributed by atoms with Crippen molar-refractivity contribution in [3.8, 4) is 11.4 Å². The first-order valence-corrected chi connectivity index (χ1v) is 7.77. The molecule has 6 nitrogen and oxygen atoms in total. The molecule has 0 amide bonds. The van der Waals surface area contributed by atoms with Crippen LogP contribution in [0.15, 0.2) is 30.3 Å². The smallest absolute Gasteiger partial charge is 0.416 e. The van der Waals surface area contributed by atoms with Crippen LogP contribution in [-0.4, -0.2) is 19.8 Å². The second kappa shape index (κ2) is 6.75. The molecular formula is C16H6F9N3O3. The number of nitro benzene ring substituents is 1. The van der Waals surface area contributed by atoms with Crippen molar-refractivity contribution in [1.82, 2.24) is 9.71 Å². The first kappa shape index (κ1) is 22.2. The SMILES string of the molecule is O=[N+]([O-])c1cc(C(F)(F)F)cc2c1nc(-c1cc(C(F)(F)F)cc(C(F)(F)F)c1)n2O. The van der Waals surface area contributed by atoms with Gasteiger partial charge < -0.3 is 5.21 Å². The zero-order valence-corrected chi connectivity index (χ0v) is 14.4. The summed E-state index contributed by atoms with van der Waals surface area (Å²) in [5, 5.41) is 21.3. The van der Waals surface area contributed by atoms with Crippen LogP contribution >= 0.6 is 0 Å². The van der Waals surface area contributed by atoms with Gasteiger partial charge in [0.25, 0.3) is 5.69 Å². The van der Waals surface area contributed by atoms with E-state index in [1.807, 2.05) is 0 Å². The van der Waals surface area contributed by atoms with Crippen molar-refractivity contribution >= 4 is 16.7 Å². The number of nitro groups is 1. The molecule has 1 heterocycles. The number of alkyl halides is 9. The molecule has 15 heteroatoms. The highest BCUT2D eigenvalue weighted by Crippen LogP contribution is 2.41. The summed E-state index contributed by atoms with van der Waals surface area (Å²) >= 11 is 0. The summed E-state index contributed by atoms with van der Waals surface area (Å²) in [7, 11) is 0. The topological polar surface area (TPSA) is 81.2 Å². The van der Waals surface area contributed by atoms with Crippen LogP contribution in [-0.2, 0) is 18.5 Å². The first-order chi connectivity index (χ1) is 14.0. The quantitative estimate of drug-likeness (QED) is 0.224. The maximum absolute atomic E-state index is 13.0. The number of halogens is 9. The molecule has 3 rings (SSSR count). The standard InChI is InChI=1S/C16H6F9N3O3/c17-14(18,19)7-1-6(2-8(3-7)15(20,21)22)13-26-12-10(27(13)29)4-9(16(23,24)25)5-11(12)28(30)31/h1-5,29H. The van der Waals surface area contributed by atoms with Gasteiger partial charge in [-0.25, -0.2) is 4.98 Å². The molecule has 0 unspecified atom stereocenters.